The standard InChI is InChI=1S/C10H8N2O2/c1-7(14)12-10-3-2-8(6-13)4-9(10)5-11/h2-4,6H,1H3,(H,12,14). The van der Waals surface area contributed by atoms with Gasteiger partial charge in [0, 0.05) is 12.5 Å². The SMILES string of the molecule is CC(=O)Nc1ccc(C=O)cc1C#N. The fourth-order valence-electron chi connectivity index (χ4n) is 1.03. The molecular weight excluding hydrogens is 180 g/mol. The zero-order chi connectivity index (χ0) is 10.6. The number of amides is 1. The highest BCUT2D eigenvalue weighted by atomic mass is 16.1. The number of nitriles is 1. The summed E-state index contributed by atoms with van der Waals surface area (Å²) in [5, 5.41) is 11.2. The van der Waals surface area contributed by atoms with Crippen molar-refractivity contribution >= 4 is 17.9 Å². The maximum atomic E-state index is 10.7. The van der Waals surface area contributed by atoms with Crippen LogP contribution in [0.4, 0.5) is 5.69 Å². The highest BCUT2D eigenvalue weighted by Crippen LogP contribution is 2.15. The van der Waals surface area contributed by atoms with E-state index in [2.05, 4.69) is 5.32 Å². The fraction of sp³-hybridized carbons (Fsp3) is 0.100. The van der Waals surface area contributed by atoms with Crippen LogP contribution in [0.15, 0.2) is 18.2 Å². The number of benzene rings is 1. The molecule has 0 radical (unpaired) electrons. The van der Waals surface area contributed by atoms with Crippen LogP contribution < -0.4 is 5.32 Å². The lowest BCUT2D eigenvalue weighted by atomic mass is 10.1. The summed E-state index contributed by atoms with van der Waals surface area (Å²) in [4.78, 5) is 21.2. The third-order valence-corrected chi connectivity index (χ3v) is 1.61. The summed E-state index contributed by atoms with van der Waals surface area (Å²) in [5.74, 6) is -0.250. The number of hydrogen-bond donors (Lipinski definition) is 1. The van der Waals surface area contributed by atoms with Gasteiger partial charge in [-0.05, 0) is 18.2 Å². The number of nitrogens with one attached hydrogen (secondary N) is 1. The summed E-state index contributed by atoms with van der Waals surface area (Å²) in [6.45, 7) is 1.36. The Morgan fingerprint density at radius 1 is 1.57 bits per heavy atom. The summed E-state index contributed by atoms with van der Waals surface area (Å²) < 4.78 is 0. The van der Waals surface area contributed by atoms with E-state index in [1.165, 1.54) is 19.1 Å². The number of hydrogen-bond acceptors (Lipinski definition) is 3. The molecule has 4 heteroatoms. The molecule has 70 valence electrons. The molecule has 4 nitrogen and oxygen atoms in total. The van der Waals surface area contributed by atoms with Gasteiger partial charge in [-0.2, -0.15) is 5.26 Å². The van der Waals surface area contributed by atoms with Crippen molar-refractivity contribution in [2.45, 2.75) is 6.92 Å². The molecule has 0 aliphatic heterocycles. The average Bonchev–Trinajstić information content (AvgIpc) is 2.17. The lowest BCUT2D eigenvalue weighted by molar-refractivity contribution is -0.114. The van der Waals surface area contributed by atoms with Gasteiger partial charge in [0.05, 0.1) is 11.3 Å². The van der Waals surface area contributed by atoms with Crippen LogP contribution in [0.1, 0.15) is 22.8 Å². The minimum Gasteiger partial charge on any atom is -0.325 e. The van der Waals surface area contributed by atoms with Crippen molar-refractivity contribution in [2.75, 3.05) is 5.32 Å². The molecule has 0 aliphatic carbocycles. The van der Waals surface area contributed by atoms with Gasteiger partial charge in [-0.15, -0.1) is 0 Å². The number of anilines is 1. The second kappa shape index (κ2) is 4.19. The molecular formula is C10H8N2O2. The van der Waals surface area contributed by atoms with Crippen molar-refractivity contribution in [3.05, 3.63) is 29.3 Å². The Labute approximate surface area is 81.2 Å². The van der Waals surface area contributed by atoms with Crippen LogP contribution in [-0.2, 0) is 4.79 Å². The zero-order valence-electron chi connectivity index (χ0n) is 7.57. The fourth-order valence-corrected chi connectivity index (χ4v) is 1.03. The Morgan fingerprint density at radius 2 is 2.29 bits per heavy atom. The lowest BCUT2D eigenvalue weighted by Crippen LogP contribution is -2.07. The molecule has 0 spiro atoms. The van der Waals surface area contributed by atoms with Crippen LogP contribution in [0.25, 0.3) is 0 Å². The molecule has 0 bridgehead atoms. The first-order chi connectivity index (χ1) is 6.67. The summed E-state index contributed by atoms with van der Waals surface area (Å²) in [6, 6.07) is 6.40. The molecule has 14 heavy (non-hydrogen) atoms. The Morgan fingerprint density at radius 3 is 2.79 bits per heavy atom. The third kappa shape index (κ3) is 2.17. The topological polar surface area (TPSA) is 70.0 Å². The third-order valence-electron chi connectivity index (χ3n) is 1.61. The van der Waals surface area contributed by atoms with Crippen LogP contribution in [0, 0.1) is 11.3 Å². The predicted octanol–water partition coefficient (Wildman–Crippen LogP) is 1.33. The van der Waals surface area contributed by atoms with Crippen LogP contribution >= 0.6 is 0 Å². The van der Waals surface area contributed by atoms with Gasteiger partial charge in [-0.3, -0.25) is 9.59 Å². The zero-order valence-corrected chi connectivity index (χ0v) is 7.57. The van der Waals surface area contributed by atoms with Crippen molar-refractivity contribution < 1.29 is 9.59 Å². The van der Waals surface area contributed by atoms with Gasteiger partial charge in [0.15, 0.2) is 0 Å². The minimum atomic E-state index is -0.250. The molecule has 0 atom stereocenters. The maximum Gasteiger partial charge on any atom is 0.221 e. The normalized spacial score (nSPS) is 8.86. The van der Waals surface area contributed by atoms with E-state index in [4.69, 9.17) is 5.26 Å². The Kier molecular flexibility index (Phi) is 2.97. The quantitative estimate of drug-likeness (QED) is 0.711. The number of carbonyl (C=O) groups is 2. The van der Waals surface area contributed by atoms with Crippen molar-refractivity contribution in [1.82, 2.24) is 0 Å². The molecule has 0 saturated carbocycles. The smallest absolute Gasteiger partial charge is 0.221 e. The lowest BCUT2D eigenvalue weighted by Gasteiger charge is -2.03. The summed E-state index contributed by atoms with van der Waals surface area (Å²) in [7, 11) is 0. The molecule has 0 aliphatic rings. The van der Waals surface area contributed by atoms with Crippen LogP contribution in [0.3, 0.4) is 0 Å². The highest BCUT2D eigenvalue weighted by molar-refractivity contribution is 5.91. The summed E-state index contributed by atoms with van der Waals surface area (Å²) >= 11 is 0. The monoisotopic (exact) mass is 188 g/mol. The van der Waals surface area contributed by atoms with E-state index in [0.717, 1.165) is 0 Å². The van der Waals surface area contributed by atoms with Crippen molar-refractivity contribution in [3.8, 4) is 6.07 Å². The van der Waals surface area contributed by atoms with E-state index in [-0.39, 0.29) is 11.5 Å². The van der Waals surface area contributed by atoms with Crippen molar-refractivity contribution in [2.24, 2.45) is 0 Å². The number of nitrogens with zero attached hydrogens (tertiary/aromatic N) is 1. The maximum absolute atomic E-state index is 10.7. The highest BCUT2D eigenvalue weighted by Gasteiger charge is 2.03. The van der Waals surface area contributed by atoms with Crippen LogP contribution in [0.2, 0.25) is 0 Å². The Bertz CT molecular complexity index is 419. The molecule has 1 rings (SSSR count). The van der Waals surface area contributed by atoms with Gasteiger partial charge in [0.1, 0.15) is 12.4 Å². The molecule has 0 saturated heterocycles. The number of aldehydes is 1. The van der Waals surface area contributed by atoms with Gasteiger partial charge in [0.25, 0.3) is 0 Å². The number of carbonyl (C=O) groups excluding carboxylic acids is 2. The first-order valence-corrected chi connectivity index (χ1v) is 3.94. The second-order valence-corrected chi connectivity index (χ2v) is 2.72. The van der Waals surface area contributed by atoms with E-state index in [9.17, 15) is 9.59 Å². The van der Waals surface area contributed by atoms with E-state index in [1.807, 2.05) is 6.07 Å². The Balaban J connectivity index is 3.13. The van der Waals surface area contributed by atoms with Crippen molar-refractivity contribution in [1.29, 1.82) is 5.26 Å². The molecule has 1 aromatic rings. The molecule has 0 heterocycles. The first-order valence-electron chi connectivity index (χ1n) is 3.94. The van der Waals surface area contributed by atoms with Gasteiger partial charge in [-0.25, -0.2) is 0 Å². The average molecular weight is 188 g/mol. The van der Waals surface area contributed by atoms with Gasteiger partial charge < -0.3 is 5.32 Å². The van der Waals surface area contributed by atoms with Crippen LogP contribution in [-0.4, -0.2) is 12.2 Å². The number of rotatable bonds is 2. The van der Waals surface area contributed by atoms with E-state index in [1.54, 1.807) is 6.07 Å². The van der Waals surface area contributed by atoms with Gasteiger partial charge in [-0.1, -0.05) is 0 Å². The molecule has 0 fully saturated rings. The van der Waals surface area contributed by atoms with Gasteiger partial charge in [0.2, 0.25) is 5.91 Å². The largest absolute Gasteiger partial charge is 0.325 e. The molecule has 1 aromatic carbocycles. The molecule has 0 unspecified atom stereocenters. The minimum absolute atomic E-state index is 0.250. The van der Waals surface area contributed by atoms with Crippen LogP contribution in [0.5, 0.6) is 0 Å². The van der Waals surface area contributed by atoms with E-state index >= 15 is 0 Å². The Hall–Kier alpha value is -2.15. The predicted molar refractivity (Wildman–Crippen MR) is 50.8 cm³/mol. The molecule has 1 amide bonds. The molecule has 0 aromatic heterocycles. The van der Waals surface area contributed by atoms with Gasteiger partial charge >= 0.3 is 0 Å². The summed E-state index contributed by atoms with van der Waals surface area (Å²) in [6.07, 6.45) is 0.651. The van der Waals surface area contributed by atoms with E-state index < -0.39 is 0 Å². The molecule has 1 N–H and O–H groups in total. The van der Waals surface area contributed by atoms with E-state index in [0.29, 0.717) is 17.5 Å². The first kappa shape index (κ1) is 9.93. The van der Waals surface area contributed by atoms with Crippen molar-refractivity contribution in [3.63, 3.8) is 0 Å². The second-order valence-electron chi connectivity index (χ2n) is 2.72. The summed E-state index contributed by atoms with van der Waals surface area (Å²) in [5.41, 5.74) is 1.12.